The molecule has 2 rings (SSSR count). The van der Waals surface area contributed by atoms with Crippen molar-refractivity contribution in [2.45, 2.75) is 52.4 Å². The van der Waals surface area contributed by atoms with Gasteiger partial charge in [-0.2, -0.15) is 0 Å². The Morgan fingerprint density at radius 1 is 0.895 bits per heavy atom. The minimum atomic E-state index is 0.0707. The molecule has 102 valence electrons. The molecule has 0 amide bonds. The molecule has 0 radical (unpaired) electrons. The molecule has 0 atom stereocenters. The fraction of sp³-hybridized carbons (Fsp3) is 0.471. The Morgan fingerprint density at radius 2 is 1.53 bits per heavy atom. The summed E-state index contributed by atoms with van der Waals surface area (Å²) in [6.45, 7) is 13.4. The topological polar surface area (TPSA) is 12.9 Å². The van der Waals surface area contributed by atoms with Gasteiger partial charge in [0.15, 0.2) is 0 Å². The quantitative estimate of drug-likeness (QED) is 0.616. The van der Waals surface area contributed by atoms with E-state index in [0.717, 1.165) is 15.7 Å². The minimum Gasteiger partial charge on any atom is -0.252 e. The number of hydrogen-bond acceptors (Lipinski definition) is 1. The van der Waals surface area contributed by atoms with Crippen LogP contribution < -0.4 is 0 Å². The molecule has 19 heavy (non-hydrogen) atoms. The highest BCUT2D eigenvalue weighted by Gasteiger charge is 2.23. The number of hydrogen-bond donors (Lipinski definition) is 0. The number of pyridine rings is 1. The molecule has 1 nitrogen and oxygen atoms in total. The predicted octanol–water partition coefficient (Wildman–Crippen LogP) is 5.59. The molecule has 0 saturated carbocycles. The Kier molecular flexibility index (Phi) is 3.51. The van der Waals surface area contributed by atoms with Crippen molar-refractivity contribution in [2.75, 3.05) is 0 Å². The lowest BCUT2D eigenvalue weighted by Crippen LogP contribution is -2.18. The smallest absolute Gasteiger partial charge is 0.0709 e. The highest BCUT2D eigenvalue weighted by Crippen LogP contribution is 2.34. The van der Waals surface area contributed by atoms with Crippen molar-refractivity contribution in [1.82, 2.24) is 4.98 Å². The van der Waals surface area contributed by atoms with Crippen LogP contribution >= 0.6 is 15.9 Å². The van der Waals surface area contributed by atoms with Crippen molar-refractivity contribution in [1.29, 1.82) is 0 Å². The normalized spacial score (nSPS) is 13.0. The van der Waals surface area contributed by atoms with Crippen LogP contribution in [0.4, 0.5) is 0 Å². The van der Waals surface area contributed by atoms with E-state index in [1.165, 1.54) is 10.9 Å². The Hall–Kier alpha value is -0.890. The third-order valence-electron chi connectivity index (χ3n) is 3.35. The summed E-state index contributed by atoms with van der Waals surface area (Å²) in [5.74, 6) is 0. The number of fused-ring (bicyclic) bond motifs is 1. The molecule has 2 heteroatoms. The van der Waals surface area contributed by atoms with Gasteiger partial charge in [-0.1, -0.05) is 57.5 Å². The van der Waals surface area contributed by atoms with E-state index in [0.29, 0.717) is 0 Å². The Bertz CT molecular complexity index is 615. The van der Waals surface area contributed by atoms with Gasteiger partial charge >= 0.3 is 0 Å². The summed E-state index contributed by atoms with van der Waals surface area (Å²) in [5.41, 5.74) is 3.79. The average Bonchev–Trinajstić information content (AvgIpc) is 2.24. The summed E-state index contributed by atoms with van der Waals surface area (Å²) in [5, 5.41) is 1.25. The number of nitrogens with zero attached hydrogens (tertiary/aromatic N) is 1. The van der Waals surface area contributed by atoms with Crippen LogP contribution in [0, 0.1) is 0 Å². The summed E-state index contributed by atoms with van der Waals surface area (Å²) in [6, 6.07) is 8.61. The van der Waals surface area contributed by atoms with Gasteiger partial charge < -0.3 is 0 Å². The summed E-state index contributed by atoms with van der Waals surface area (Å²) >= 11 is 3.56. The highest BCUT2D eigenvalue weighted by atomic mass is 79.9. The first-order valence-corrected chi connectivity index (χ1v) is 7.49. The van der Waals surface area contributed by atoms with Crippen molar-refractivity contribution >= 4 is 26.8 Å². The van der Waals surface area contributed by atoms with Crippen LogP contribution in [0.1, 0.15) is 52.8 Å². The van der Waals surface area contributed by atoms with Crippen molar-refractivity contribution in [2.24, 2.45) is 0 Å². The molecule has 0 bridgehead atoms. The van der Waals surface area contributed by atoms with E-state index in [1.807, 2.05) is 0 Å². The van der Waals surface area contributed by atoms with Gasteiger partial charge in [0.25, 0.3) is 0 Å². The summed E-state index contributed by atoms with van der Waals surface area (Å²) in [4.78, 5) is 4.84. The van der Waals surface area contributed by atoms with Crippen molar-refractivity contribution in [3.8, 4) is 0 Å². The zero-order valence-corrected chi connectivity index (χ0v) is 14.2. The minimum absolute atomic E-state index is 0.0707. The van der Waals surface area contributed by atoms with Crippen LogP contribution in [0.2, 0.25) is 0 Å². The summed E-state index contributed by atoms with van der Waals surface area (Å²) < 4.78 is 1.11. The van der Waals surface area contributed by atoms with Crippen molar-refractivity contribution < 1.29 is 0 Å². The molecular formula is C17H22BrN. The van der Waals surface area contributed by atoms with Crippen LogP contribution in [0.15, 0.2) is 28.7 Å². The number of rotatable bonds is 0. The first-order valence-electron chi connectivity index (χ1n) is 6.70. The van der Waals surface area contributed by atoms with E-state index in [-0.39, 0.29) is 10.8 Å². The van der Waals surface area contributed by atoms with Crippen molar-refractivity contribution in [3.05, 3.63) is 40.0 Å². The summed E-state index contributed by atoms with van der Waals surface area (Å²) in [6.07, 6.45) is 0. The maximum atomic E-state index is 4.84. The van der Waals surface area contributed by atoms with Crippen molar-refractivity contribution in [3.63, 3.8) is 0 Å². The number of aromatic nitrogens is 1. The first-order chi connectivity index (χ1) is 8.59. The summed E-state index contributed by atoms with van der Waals surface area (Å²) in [7, 11) is 0. The molecule has 1 aromatic heterocycles. The second-order valence-corrected chi connectivity index (χ2v) is 8.13. The second kappa shape index (κ2) is 4.59. The van der Waals surface area contributed by atoms with Gasteiger partial charge in [-0.05, 0) is 35.2 Å². The first kappa shape index (κ1) is 14.5. The molecule has 0 spiro atoms. The fourth-order valence-electron chi connectivity index (χ4n) is 2.20. The SMILES string of the molecule is CC(C)(C)c1cc(C(C)(C)C)c2cc(Br)ccc2n1. The van der Waals surface area contributed by atoms with Gasteiger partial charge in [0.2, 0.25) is 0 Å². The Balaban J connectivity index is 2.85. The zero-order valence-electron chi connectivity index (χ0n) is 12.6. The monoisotopic (exact) mass is 319 g/mol. The Morgan fingerprint density at radius 3 is 2.05 bits per heavy atom. The fourth-order valence-corrected chi connectivity index (χ4v) is 2.56. The largest absolute Gasteiger partial charge is 0.252 e. The van der Waals surface area contributed by atoms with Gasteiger partial charge in [0, 0.05) is 21.0 Å². The third-order valence-corrected chi connectivity index (χ3v) is 3.84. The average molecular weight is 320 g/mol. The predicted molar refractivity (Wildman–Crippen MR) is 86.8 cm³/mol. The molecular weight excluding hydrogens is 298 g/mol. The molecule has 0 saturated heterocycles. The van der Waals surface area contributed by atoms with Gasteiger partial charge in [-0.25, -0.2) is 0 Å². The molecule has 0 N–H and O–H groups in total. The van der Waals surface area contributed by atoms with Gasteiger partial charge in [-0.15, -0.1) is 0 Å². The van der Waals surface area contributed by atoms with E-state index in [9.17, 15) is 0 Å². The van der Waals surface area contributed by atoms with Gasteiger partial charge in [0.1, 0.15) is 0 Å². The maximum Gasteiger partial charge on any atom is 0.0709 e. The molecule has 0 aliphatic carbocycles. The molecule has 0 aliphatic rings. The molecule has 0 fully saturated rings. The van der Waals surface area contributed by atoms with E-state index < -0.39 is 0 Å². The molecule has 1 aromatic carbocycles. The standard InChI is InChI=1S/C17H22BrN/c1-16(2,3)13-10-15(17(4,5)6)19-14-8-7-11(18)9-12(13)14/h7-10H,1-6H3. The van der Waals surface area contributed by atoms with Crippen LogP contribution in [-0.2, 0) is 10.8 Å². The lowest BCUT2D eigenvalue weighted by atomic mass is 9.81. The third kappa shape index (κ3) is 3.00. The van der Waals surface area contributed by atoms with Crippen LogP contribution in [-0.4, -0.2) is 4.98 Å². The lowest BCUT2D eigenvalue weighted by molar-refractivity contribution is 0.558. The molecule has 2 aromatic rings. The van der Waals surface area contributed by atoms with E-state index in [4.69, 9.17) is 4.98 Å². The van der Waals surface area contributed by atoms with Gasteiger partial charge in [0.05, 0.1) is 5.52 Å². The van der Waals surface area contributed by atoms with Crippen LogP contribution in [0.5, 0.6) is 0 Å². The number of benzene rings is 1. The maximum absolute atomic E-state index is 4.84. The lowest BCUT2D eigenvalue weighted by Gasteiger charge is -2.26. The Labute approximate surface area is 124 Å². The highest BCUT2D eigenvalue weighted by molar-refractivity contribution is 9.10. The van der Waals surface area contributed by atoms with Gasteiger partial charge in [-0.3, -0.25) is 4.98 Å². The van der Waals surface area contributed by atoms with E-state index in [1.54, 1.807) is 0 Å². The number of halogens is 1. The van der Waals surface area contributed by atoms with E-state index in [2.05, 4.69) is 81.7 Å². The zero-order chi connectivity index (χ0) is 14.4. The van der Waals surface area contributed by atoms with Crippen LogP contribution in [0.3, 0.4) is 0 Å². The molecule has 0 aliphatic heterocycles. The molecule has 0 unspecified atom stereocenters. The van der Waals surface area contributed by atoms with E-state index >= 15 is 0 Å². The molecule has 1 heterocycles. The van der Waals surface area contributed by atoms with Crippen LogP contribution in [0.25, 0.3) is 10.9 Å². The second-order valence-electron chi connectivity index (χ2n) is 7.22.